The highest BCUT2D eigenvalue weighted by Gasteiger charge is 2.16. The maximum absolute atomic E-state index is 12.4. The highest BCUT2D eigenvalue weighted by molar-refractivity contribution is 7.17. The van der Waals surface area contributed by atoms with E-state index in [9.17, 15) is 19.7 Å². The molecule has 8 nitrogen and oxygen atoms in total. The summed E-state index contributed by atoms with van der Waals surface area (Å²) in [5, 5.41) is 16.0. The van der Waals surface area contributed by atoms with Gasteiger partial charge in [0.2, 0.25) is 0 Å². The van der Waals surface area contributed by atoms with Crippen LogP contribution in [0.1, 0.15) is 20.0 Å². The number of nitro groups is 1. The van der Waals surface area contributed by atoms with Crippen LogP contribution in [-0.2, 0) is 0 Å². The molecule has 9 heteroatoms. The van der Waals surface area contributed by atoms with E-state index < -0.39 is 10.8 Å². The van der Waals surface area contributed by atoms with Gasteiger partial charge in [0.05, 0.1) is 22.6 Å². The van der Waals surface area contributed by atoms with Crippen LogP contribution in [0.15, 0.2) is 60.7 Å². The van der Waals surface area contributed by atoms with Crippen LogP contribution in [0.2, 0.25) is 0 Å². The average molecular weight is 397 g/mol. The second-order valence-corrected chi connectivity index (χ2v) is 6.64. The van der Waals surface area contributed by atoms with E-state index >= 15 is 0 Å². The number of thiophene rings is 1. The maximum Gasteiger partial charge on any atom is 0.324 e. The lowest BCUT2D eigenvalue weighted by Crippen LogP contribution is -2.13. The third-order valence-electron chi connectivity index (χ3n) is 3.76. The van der Waals surface area contributed by atoms with Gasteiger partial charge in [-0.2, -0.15) is 0 Å². The summed E-state index contributed by atoms with van der Waals surface area (Å²) >= 11 is 0.794. The standard InChI is InChI=1S/C19H15N3O5S/c1-27-15-5-3-2-4-14(15)21-18(23)12-6-8-13(9-7-12)20-19(24)16-10-11-17(28-16)22(25)26/h2-11H,1H3,(H,20,24)(H,21,23). The van der Waals surface area contributed by atoms with Gasteiger partial charge in [-0.05, 0) is 42.5 Å². The smallest absolute Gasteiger partial charge is 0.324 e. The summed E-state index contributed by atoms with van der Waals surface area (Å²) in [4.78, 5) is 34.9. The highest BCUT2D eigenvalue weighted by atomic mass is 32.1. The van der Waals surface area contributed by atoms with Gasteiger partial charge in [0.1, 0.15) is 5.75 Å². The monoisotopic (exact) mass is 397 g/mol. The molecule has 0 saturated heterocycles. The number of para-hydroxylation sites is 2. The first kappa shape index (κ1) is 19.1. The molecular formula is C19H15N3O5S. The summed E-state index contributed by atoms with van der Waals surface area (Å²) in [7, 11) is 1.52. The van der Waals surface area contributed by atoms with Gasteiger partial charge < -0.3 is 15.4 Å². The zero-order valence-corrected chi connectivity index (χ0v) is 15.5. The highest BCUT2D eigenvalue weighted by Crippen LogP contribution is 2.25. The molecule has 0 bridgehead atoms. The Morgan fingerprint density at radius 3 is 2.32 bits per heavy atom. The fraction of sp³-hybridized carbons (Fsp3) is 0.0526. The van der Waals surface area contributed by atoms with Crippen molar-refractivity contribution in [2.75, 3.05) is 17.7 Å². The van der Waals surface area contributed by atoms with Crippen molar-refractivity contribution < 1.29 is 19.2 Å². The van der Waals surface area contributed by atoms with Crippen LogP contribution in [-0.4, -0.2) is 23.8 Å². The molecule has 0 radical (unpaired) electrons. The molecule has 0 saturated carbocycles. The van der Waals surface area contributed by atoms with E-state index in [1.54, 1.807) is 48.5 Å². The van der Waals surface area contributed by atoms with Gasteiger partial charge in [-0.25, -0.2) is 0 Å². The molecule has 2 amide bonds. The van der Waals surface area contributed by atoms with Crippen LogP contribution in [0.5, 0.6) is 5.75 Å². The van der Waals surface area contributed by atoms with Crippen molar-refractivity contribution in [3.05, 3.63) is 81.2 Å². The van der Waals surface area contributed by atoms with Gasteiger partial charge in [-0.1, -0.05) is 23.5 Å². The molecule has 3 rings (SSSR count). The van der Waals surface area contributed by atoms with Crippen LogP contribution < -0.4 is 15.4 Å². The lowest BCUT2D eigenvalue weighted by molar-refractivity contribution is -0.380. The first-order chi connectivity index (χ1) is 13.5. The zero-order chi connectivity index (χ0) is 20.1. The molecule has 1 aromatic heterocycles. The number of carbonyl (C=O) groups is 2. The van der Waals surface area contributed by atoms with E-state index in [1.807, 2.05) is 0 Å². The molecule has 0 aliphatic heterocycles. The normalized spacial score (nSPS) is 10.2. The van der Waals surface area contributed by atoms with Crippen molar-refractivity contribution in [1.29, 1.82) is 0 Å². The van der Waals surface area contributed by atoms with Gasteiger partial charge in [0.15, 0.2) is 0 Å². The van der Waals surface area contributed by atoms with Crippen molar-refractivity contribution in [3.63, 3.8) is 0 Å². The molecule has 0 unspecified atom stereocenters. The van der Waals surface area contributed by atoms with Crippen LogP contribution in [0.4, 0.5) is 16.4 Å². The number of amides is 2. The average Bonchev–Trinajstić information content (AvgIpc) is 3.20. The number of rotatable bonds is 6. The Labute approximate surface area is 163 Å². The minimum Gasteiger partial charge on any atom is -0.495 e. The van der Waals surface area contributed by atoms with E-state index in [0.29, 0.717) is 22.7 Å². The van der Waals surface area contributed by atoms with Gasteiger partial charge in [-0.15, -0.1) is 0 Å². The Bertz CT molecular complexity index is 1030. The summed E-state index contributed by atoms with van der Waals surface area (Å²) in [5.74, 6) is -0.231. The number of ether oxygens (including phenoxy) is 1. The number of hydrogen-bond donors (Lipinski definition) is 2. The molecule has 0 aliphatic rings. The van der Waals surface area contributed by atoms with E-state index in [2.05, 4.69) is 10.6 Å². The molecule has 2 aromatic carbocycles. The molecule has 142 valence electrons. The number of methoxy groups -OCH3 is 1. The molecule has 0 fully saturated rings. The van der Waals surface area contributed by atoms with Gasteiger partial charge in [0, 0.05) is 17.3 Å². The number of hydrogen-bond acceptors (Lipinski definition) is 6. The molecule has 0 spiro atoms. The van der Waals surface area contributed by atoms with Crippen LogP contribution in [0, 0.1) is 10.1 Å². The largest absolute Gasteiger partial charge is 0.495 e. The first-order valence-electron chi connectivity index (χ1n) is 8.08. The number of nitrogens with zero attached hydrogens (tertiary/aromatic N) is 1. The Kier molecular flexibility index (Phi) is 5.66. The van der Waals surface area contributed by atoms with Crippen molar-refractivity contribution in [2.45, 2.75) is 0 Å². The second-order valence-electron chi connectivity index (χ2n) is 5.58. The van der Waals surface area contributed by atoms with E-state index in [4.69, 9.17) is 4.74 Å². The van der Waals surface area contributed by atoms with Crippen LogP contribution in [0.25, 0.3) is 0 Å². The molecule has 0 atom stereocenters. The number of nitrogens with one attached hydrogen (secondary N) is 2. The SMILES string of the molecule is COc1ccccc1NC(=O)c1ccc(NC(=O)c2ccc([N+](=O)[O-])s2)cc1. The van der Waals surface area contributed by atoms with Crippen molar-refractivity contribution >= 4 is 39.5 Å². The molecule has 3 aromatic rings. The Balaban J connectivity index is 1.66. The summed E-state index contributed by atoms with van der Waals surface area (Å²) in [6.07, 6.45) is 0. The maximum atomic E-state index is 12.4. The van der Waals surface area contributed by atoms with E-state index in [1.165, 1.54) is 19.2 Å². The zero-order valence-electron chi connectivity index (χ0n) is 14.7. The van der Waals surface area contributed by atoms with Gasteiger partial charge >= 0.3 is 5.00 Å². The third-order valence-corrected chi connectivity index (χ3v) is 4.79. The summed E-state index contributed by atoms with van der Waals surface area (Å²) in [6.45, 7) is 0. The summed E-state index contributed by atoms with van der Waals surface area (Å²) < 4.78 is 5.20. The molecule has 28 heavy (non-hydrogen) atoms. The minimum atomic E-state index is -0.545. The Hall–Kier alpha value is -3.72. The Morgan fingerprint density at radius 2 is 1.68 bits per heavy atom. The number of carbonyl (C=O) groups excluding carboxylic acids is 2. The fourth-order valence-electron chi connectivity index (χ4n) is 2.39. The molecule has 2 N–H and O–H groups in total. The number of anilines is 2. The molecule has 1 heterocycles. The quantitative estimate of drug-likeness (QED) is 0.479. The van der Waals surface area contributed by atoms with Crippen LogP contribution in [0.3, 0.4) is 0 Å². The van der Waals surface area contributed by atoms with Crippen LogP contribution >= 0.6 is 11.3 Å². The first-order valence-corrected chi connectivity index (χ1v) is 8.89. The number of benzene rings is 2. The predicted molar refractivity (Wildman–Crippen MR) is 106 cm³/mol. The minimum absolute atomic E-state index is 0.103. The van der Waals surface area contributed by atoms with Gasteiger partial charge in [0.25, 0.3) is 11.8 Å². The fourth-order valence-corrected chi connectivity index (χ4v) is 3.10. The van der Waals surface area contributed by atoms with Crippen molar-refractivity contribution in [1.82, 2.24) is 0 Å². The Morgan fingerprint density at radius 1 is 0.964 bits per heavy atom. The topological polar surface area (TPSA) is 111 Å². The lowest BCUT2D eigenvalue weighted by atomic mass is 10.2. The van der Waals surface area contributed by atoms with E-state index in [-0.39, 0.29) is 15.8 Å². The summed E-state index contributed by atoms with van der Waals surface area (Å²) in [5.41, 5.74) is 1.41. The second kappa shape index (κ2) is 8.31. The van der Waals surface area contributed by atoms with Gasteiger partial charge in [-0.3, -0.25) is 19.7 Å². The predicted octanol–water partition coefficient (Wildman–Crippen LogP) is 4.17. The van der Waals surface area contributed by atoms with E-state index in [0.717, 1.165) is 11.3 Å². The molecule has 0 aliphatic carbocycles. The summed E-state index contributed by atoms with van der Waals surface area (Å²) in [6, 6.07) is 16.0. The molecular weight excluding hydrogens is 382 g/mol. The van der Waals surface area contributed by atoms with Crippen molar-refractivity contribution in [2.24, 2.45) is 0 Å². The third kappa shape index (κ3) is 4.33. The lowest BCUT2D eigenvalue weighted by Gasteiger charge is -2.10. The van der Waals surface area contributed by atoms with Crippen molar-refractivity contribution in [3.8, 4) is 5.75 Å².